The standard InChI is InChI=1S/C53H37NO/c1-53(2)48-16-7-5-14-45(48)47-33-43(26-28-49(47)53)54(42-13-9-12-37(32-42)39-19-18-34-10-3-4-11-36(34)30-39)41-24-20-35(21-25-41)38-22-27-44-40(31-38)23-29-51-52(44)46-15-6-8-17-50(46)55-51/h3-33H,1-2H3. The molecule has 11 rings (SSSR count). The SMILES string of the molecule is CC1(C)c2ccccc2-c2cc(N(c3ccc(-c4ccc5c(ccc6oc7ccccc7c65)c4)cc3)c3cccc(-c4ccc5ccccc5c4)c3)ccc21. The topological polar surface area (TPSA) is 16.4 Å². The second kappa shape index (κ2) is 12.1. The van der Waals surface area contributed by atoms with Crippen LogP contribution in [0.3, 0.4) is 0 Å². The first-order valence-electron chi connectivity index (χ1n) is 19.1. The summed E-state index contributed by atoms with van der Waals surface area (Å²) in [5.41, 5.74) is 15.3. The molecule has 2 nitrogen and oxygen atoms in total. The molecule has 0 saturated carbocycles. The number of hydrogen-bond donors (Lipinski definition) is 0. The Kier molecular flexibility index (Phi) is 6.93. The number of fused-ring (bicyclic) bond motifs is 9. The largest absolute Gasteiger partial charge is 0.456 e. The van der Waals surface area contributed by atoms with Crippen LogP contribution in [-0.4, -0.2) is 0 Å². The summed E-state index contributed by atoms with van der Waals surface area (Å²) in [6, 6.07) is 68.6. The van der Waals surface area contributed by atoms with Crippen molar-refractivity contribution >= 4 is 60.5 Å². The number of para-hydroxylation sites is 1. The number of furan rings is 1. The van der Waals surface area contributed by atoms with Gasteiger partial charge in [-0.05, 0) is 127 Å². The molecule has 0 spiro atoms. The first-order valence-corrected chi connectivity index (χ1v) is 19.1. The highest BCUT2D eigenvalue weighted by atomic mass is 16.3. The first-order chi connectivity index (χ1) is 27.0. The Balaban J connectivity index is 1.03. The number of anilines is 3. The number of hydrogen-bond acceptors (Lipinski definition) is 2. The molecule has 9 aromatic carbocycles. The lowest BCUT2D eigenvalue weighted by Gasteiger charge is -2.28. The van der Waals surface area contributed by atoms with E-state index in [1.165, 1.54) is 71.4 Å². The first kappa shape index (κ1) is 31.6. The molecule has 1 heterocycles. The van der Waals surface area contributed by atoms with Crippen molar-refractivity contribution in [3.8, 4) is 33.4 Å². The molecule has 0 radical (unpaired) electrons. The molecule has 260 valence electrons. The Morgan fingerprint density at radius 1 is 0.382 bits per heavy atom. The predicted octanol–water partition coefficient (Wildman–Crippen LogP) is 15.0. The number of nitrogens with zero attached hydrogens (tertiary/aromatic N) is 1. The summed E-state index contributed by atoms with van der Waals surface area (Å²) in [4.78, 5) is 2.41. The van der Waals surface area contributed by atoms with E-state index >= 15 is 0 Å². The van der Waals surface area contributed by atoms with Crippen LogP contribution in [0.5, 0.6) is 0 Å². The lowest BCUT2D eigenvalue weighted by Crippen LogP contribution is -2.15. The van der Waals surface area contributed by atoms with Crippen molar-refractivity contribution in [1.82, 2.24) is 0 Å². The Bertz CT molecular complexity index is 3130. The zero-order valence-electron chi connectivity index (χ0n) is 30.8. The van der Waals surface area contributed by atoms with Crippen molar-refractivity contribution in [2.24, 2.45) is 0 Å². The lowest BCUT2D eigenvalue weighted by molar-refractivity contribution is 0.660. The van der Waals surface area contributed by atoms with Gasteiger partial charge in [-0.25, -0.2) is 0 Å². The third-order valence-electron chi connectivity index (χ3n) is 11.8. The van der Waals surface area contributed by atoms with E-state index in [1.54, 1.807) is 0 Å². The van der Waals surface area contributed by atoms with Crippen LogP contribution < -0.4 is 4.90 Å². The summed E-state index contributed by atoms with van der Waals surface area (Å²) >= 11 is 0. The van der Waals surface area contributed by atoms with Gasteiger partial charge < -0.3 is 9.32 Å². The van der Waals surface area contributed by atoms with Crippen molar-refractivity contribution in [1.29, 1.82) is 0 Å². The van der Waals surface area contributed by atoms with Crippen molar-refractivity contribution in [3.63, 3.8) is 0 Å². The second-order valence-corrected chi connectivity index (χ2v) is 15.4. The highest BCUT2D eigenvalue weighted by molar-refractivity contribution is 6.19. The maximum atomic E-state index is 6.18. The van der Waals surface area contributed by atoms with Gasteiger partial charge >= 0.3 is 0 Å². The fourth-order valence-corrected chi connectivity index (χ4v) is 9.02. The fourth-order valence-electron chi connectivity index (χ4n) is 9.02. The molecule has 0 N–H and O–H groups in total. The Morgan fingerprint density at radius 3 is 1.95 bits per heavy atom. The normalized spacial score (nSPS) is 13.1. The van der Waals surface area contributed by atoms with Crippen LogP contribution >= 0.6 is 0 Å². The maximum absolute atomic E-state index is 6.18. The highest BCUT2D eigenvalue weighted by Gasteiger charge is 2.35. The zero-order chi connectivity index (χ0) is 36.7. The number of benzene rings is 9. The van der Waals surface area contributed by atoms with E-state index in [-0.39, 0.29) is 5.41 Å². The van der Waals surface area contributed by atoms with Crippen molar-refractivity contribution in [2.75, 3.05) is 4.90 Å². The van der Waals surface area contributed by atoms with Gasteiger partial charge in [-0.2, -0.15) is 0 Å². The molecule has 0 atom stereocenters. The molecule has 1 aliphatic carbocycles. The van der Waals surface area contributed by atoms with Gasteiger partial charge in [-0.15, -0.1) is 0 Å². The Morgan fingerprint density at radius 2 is 1.04 bits per heavy atom. The van der Waals surface area contributed by atoms with Crippen LogP contribution in [0.2, 0.25) is 0 Å². The van der Waals surface area contributed by atoms with E-state index in [1.807, 2.05) is 12.1 Å². The van der Waals surface area contributed by atoms with E-state index in [4.69, 9.17) is 4.42 Å². The van der Waals surface area contributed by atoms with Crippen LogP contribution in [0.4, 0.5) is 17.1 Å². The molecular weight excluding hydrogens is 667 g/mol. The quantitative estimate of drug-likeness (QED) is 0.177. The molecule has 0 saturated heterocycles. The molecule has 0 amide bonds. The third kappa shape index (κ3) is 5.02. The summed E-state index contributed by atoms with van der Waals surface area (Å²) in [5.74, 6) is 0. The second-order valence-electron chi connectivity index (χ2n) is 15.4. The molecule has 1 aromatic heterocycles. The summed E-state index contributed by atoms with van der Waals surface area (Å²) in [7, 11) is 0. The molecule has 0 aliphatic heterocycles. The molecule has 2 heteroatoms. The van der Waals surface area contributed by atoms with Gasteiger partial charge in [0.25, 0.3) is 0 Å². The minimum atomic E-state index is -0.0523. The van der Waals surface area contributed by atoms with Crippen molar-refractivity contribution in [3.05, 3.63) is 199 Å². The molecule has 55 heavy (non-hydrogen) atoms. The van der Waals surface area contributed by atoms with Crippen LogP contribution in [0.1, 0.15) is 25.0 Å². The van der Waals surface area contributed by atoms with E-state index in [9.17, 15) is 0 Å². The van der Waals surface area contributed by atoms with Gasteiger partial charge in [0.05, 0.1) is 0 Å². The average molecular weight is 704 g/mol. The molecule has 10 aromatic rings. The van der Waals surface area contributed by atoms with Crippen LogP contribution in [0.15, 0.2) is 192 Å². The summed E-state index contributed by atoms with van der Waals surface area (Å²) in [5, 5.41) is 7.24. The summed E-state index contributed by atoms with van der Waals surface area (Å²) in [6.45, 7) is 4.68. The molecule has 0 unspecified atom stereocenters. The summed E-state index contributed by atoms with van der Waals surface area (Å²) < 4.78 is 6.18. The van der Waals surface area contributed by atoms with E-state index in [0.29, 0.717) is 0 Å². The van der Waals surface area contributed by atoms with Crippen LogP contribution in [0.25, 0.3) is 76.9 Å². The Hall–Kier alpha value is -6.90. The smallest absolute Gasteiger partial charge is 0.136 e. The van der Waals surface area contributed by atoms with Gasteiger partial charge in [0.1, 0.15) is 11.2 Å². The van der Waals surface area contributed by atoms with E-state index in [0.717, 1.165) is 33.6 Å². The molecule has 0 fully saturated rings. The summed E-state index contributed by atoms with van der Waals surface area (Å²) in [6.07, 6.45) is 0. The van der Waals surface area contributed by atoms with Crippen LogP contribution in [-0.2, 0) is 5.41 Å². The highest BCUT2D eigenvalue weighted by Crippen LogP contribution is 2.51. The van der Waals surface area contributed by atoms with Crippen LogP contribution in [0, 0.1) is 0 Å². The van der Waals surface area contributed by atoms with Gasteiger partial charge in [0, 0.05) is 33.2 Å². The minimum Gasteiger partial charge on any atom is -0.456 e. The fraction of sp³-hybridized carbons (Fsp3) is 0.0566. The molecular formula is C53H37NO. The van der Waals surface area contributed by atoms with E-state index < -0.39 is 0 Å². The van der Waals surface area contributed by atoms with Gasteiger partial charge in [-0.3, -0.25) is 0 Å². The third-order valence-corrected chi connectivity index (χ3v) is 11.8. The maximum Gasteiger partial charge on any atom is 0.136 e. The Labute approximate surface area is 320 Å². The van der Waals surface area contributed by atoms with Gasteiger partial charge in [0.2, 0.25) is 0 Å². The predicted molar refractivity (Wildman–Crippen MR) is 232 cm³/mol. The zero-order valence-corrected chi connectivity index (χ0v) is 30.8. The van der Waals surface area contributed by atoms with Gasteiger partial charge in [-0.1, -0.05) is 141 Å². The minimum absolute atomic E-state index is 0.0523. The van der Waals surface area contributed by atoms with E-state index in [2.05, 4.69) is 195 Å². The average Bonchev–Trinajstić information content (AvgIpc) is 3.73. The molecule has 0 bridgehead atoms. The number of rotatable bonds is 5. The van der Waals surface area contributed by atoms with Crippen molar-refractivity contribution in [2.45, 2.75) is 19.3 Å². The lowest BCUT2D eigenvalue weighted by atomic mass is 9.82. The van der Waals surface area contributed by atoms with Crippen molar-refractivity contribution < 1.29 is 4.42 Å². The monoisotopic (exact) mass is 703 g/mol. The molecule has 1 aliphatic rings. The van der Waals surface area contributed by atoms with Gasteiger partial charge in [0.15, 0.2) is 0 Å².